The number of ether oxygens (including phenoxy) is 1. The number of halogens is 2. The molecule has 2 aliphatic rings. The Labute approximate surface area is 138 Å². The van der Waals surface area contributed by atoms with Gasteiger partial charge in [0, 0.05) is 6.07 Å². The van der Waals surface area contributed by atoms with E-state index in [1.165, 1.54) is 63.5 Å². The third kappa shape index (κ3) is 4.45. The van der Waals surface area contributed by atoms with Crippen LogP contribution in [-0.4, -0.2) is 6.61 Å². The summed E-state index contributed by atoms with van der Waals surface area (Å²) < 4.78 is 32.1. The molecule has 2 aliphatic carbocycles. The lowest BCUT2D eigenvalue weighted by Crippen LogP contribution is -2.27. The van der Waals surface area contributed by atoms with Crippen molar-refractivity contribution in [1.82, 2.24) is 0 Å². The third-order valence-electron chi connectivity index (χ3n) is 5.99. The van der Waals surface area contributed by atoms with Crippen LogP contribution in [0.4, 0.5) is 8.78 Å². The molecule has 1 aromatic rings. The van der Waals surface area contributed by atoms with Gasteiger partial charge in [-0.15, -0.1) is 0 Å². The second kappa shape index (κ2) is 7.63. The summed E-state index contributed by atoms with van der Waals surface area (Å²) in [6.07, 6.45) is 10.6. The van der Waals surface area contributed by atoms with Crippen molar-refractivity contribution in [3.05, 3.63) is 29.8 Å². The van der Waals surface area contributed by atoms with Gasteiger partial charge in [0.15, 0.2) is 11.6 Å². The van der Waals surface area contributed by atoms with E-state index in [0.717, 1.165) is 23.8 Å². The topological polar surface area (TPSA) is 9.23 Å². The first-order valence-electron chi connectivity index (χ1n) is 9.19. The Morgan fingerprint density at radius 3 is 2.13 bits per heavy atom. The minimum absolute atomic E-state index is 0.176. The van der Waals surface area contributed by atoms with Crippen molar-refractivity contribution in [1.29, 1.82) is 0 Å². The van der Waals surface area contributed by atoms with E-state index in [0.29, 0.717) is 12.5 Å². The van der Waals surface area contributed by atoms with Gasteiger partial charge < -0.3 is 4.74 Å². The molecule has 0 bridgehead atoms. The van der Waals surface area contributed by atoms with Crippen molar-refractivity contribution in [3.8, 4) is 5.75 Å². The van der Waals surface area contributed by atoms with Crippen molar-refractivity contribution < 1.29 is 13.5 Å². The highest BCUT2D eigenvalue weighted by atomic mass is 19.1. The molecule has 23 heavy (non-hydrogen) atoms. The largest absolute Gasteiger partial charge is 0.490 e. The highest BCUT2D eigenvalue weighted by Crippen LogP contribution is 2.41. The molecule has 0 spiro atoms. The number of hydrogen-bond acceptors (Lipinski definition) is 1. The van der Waals surface area contributed by atoms with Crippen molar-refractivity contribution >= 4 is 0 Å². The molecule has 0 unspecified atom stereocenters. The van der Waals surface area contributed by atoms with Crippen LogP contribution in [0.2, 0.25) is 0 Å². The lowest BCUT2D eigenvalue weighted by Gasteiger charge is -2.37. The Morgan fingerprint density at radius 1 is 0.913 bits per heavy atom. The van der Waals surface area contributed by atoms with Gasteiger partial charge in [0.1, 0.15) is 5.82 Å². The van der Waals surface area contributed by atoms with Gasteiger partial charge >= 0.3 is 0 Å². The molecule has 128 valence electrons. The number of hydrogen-bond donors (Lipinski definition) is 0. The zero-order valence-corrected chi connectivity index (χ0v) is 14.1. The summed E-state index contributed by atoms with van der Waals surface area (Å²) in [6, 6.07) is 3.52. The van der Waals surface area contributed by atoms with Gasteiger partial charge in [-0.3, -0.25) is 0 Å². The summed E-state index contributed by atoms with van der Waals surface area (Å²) in [6.45, 7) is 2.93. The van der Waals surface area contributed by atoms with Crippen LogP contribution >= 0.6 is 0 Å². The van der Waals surface area contributed by atoms with Crippen LogP contribution in [0.3, 0.4) is 0 Å². The van der Waals surface area contributed by atoms with Gasteiger partial charge in [-0.05, 0) is 74.3 Å². The Balaban J connectivity index is 1.42. The smallest absolute Gasteiger partial charge is 0.167 e. The van der Waals surface area contributed by atoms with Crippen LogP contribution in [0.1, 0.15) is 58.3 Å². The highest BCUT2D eigenvalue weighted by Gasteiger charge is 2.30. The second-order valence-electron chi connectivity index (χ2n) is 7.69. The van der Waals surface area contributed by atoms with Crippen LogP contribution < -0.4 is 4.74 Å². The standard InChI is InChI=1S/C20H28F2O/c1-14-2-6-16(7-3-14)17-8-4-15(5-9-17)13-23-20-11-10-18(21)12-19(20)22/h10-12,14-17H,2-9,13H2,1H3. The maximum absolute atomic E-state index is 13.6. The molecule has 0 atom stereocenters. The van der Waals surface area contributed by atoms with Gasteiger partial charge in [0.2, 0.25) is 0 Å². The molecule has 0 aliphatic heterocycles. The SMILES string of the molecule is CC1CCC(C2CCC(COc3ccc(F)cc3F)CC2)CC1. The van der Waals surface area contributed by atoms with Crippen molar-refractivity contribution in [2.45, 2.75) is 58.3 Å². The molecule has 2 fully saturated rings. The van der Waals surface area contributed by atoms with Crippen LogP contribution in [-0.2, 0) is 0 Å². The van der Waals surface area contributed by atoms with Crippen LogP contribution in [0.25, 0.3) is 0 Å². The molecule has 3 heteroatoms. The molecule has 0 radical (unpaired) electrons. The Morgan fingerprint density at radius 2 is 1.52 bits per heavy atom. The molecule has 3 rings (SSSR count). The third-order valence-corrected chi connectivity index (χ3v) is 5.99. The molecule has 0 amide bonds. The van der Waals surface area contributed by atoms with Crippen LogP contribution in [0.15, 0.2) is 18.2 Å². The van der Waals surface area contributed by atoms with E-state index in [-0.39, 0.29) is 5.75 Å². The van der Waals surface area contributed by atoms with Gasteiger partial charge in [-0.1, -0.05) is 19.8 Å². The summed E-state index contributed by atoms with van der Waals surface area (Å²) in [5, 5.41) is 0. The Bertz CT molecular complexity index is 500. The van der Waals surface area contributed by atoms with Crippen LogP contribution in [0, 0.1) is 35.3 Å². The predicted molar refractivity (Wildman–Crippen MR) is 88.4 cm³/mol. The fraction of sp³-hybridized carbons (Fsp3) is 0.700. The van der Waals surface area contributed by atoms with E-state index in [4.69, 9.17) is 4.74 Å². The van der Waals surface area contributed by atoms with Gasteiger partial charge in [0.25, 0.3) is 0 Å². The average molecular weight is 322 g/mol. The monoisotopic (exact) mass is 322 g/mol. The van der Waals surface area contributed by atoms with E-state index in [1.54, 1.807) is 0 Å². The van der Waals surface area contributed by atoms with E-state index < -0.39 is 11.6 Å². The lowest BCUT2D eigenvalue weighted by molar-refractivity contribution is 0.124. The van der Waals surface area contributed by atoms with Crippen LogP contribution in [0.5, 0.6) is 5.75 Å². The number of benzene rings is 1. The first-order chi connectivity index (χ1) is 11.1. The summed E-state index contributed by atoms with van der Waals surface area (Å²) in [5.41, 5.74) is 0. The zero-order chi connectivity index (χ0) is 16.2. The van der Waals surface area contributed by atoms with E-state index in [2.05, 4.69) is 6.92 Å². The molecule has 0 saturated heterocycles. The summed E-state index contributed by atoms with van der Waals surface area (Å²) >= 11 is 0. The van der Waals surface area contributed by atoms with E-state index in [9.17, 15) is 8.78 Å². The number of rotatable bonds is 4. The predicted octanol–water partition coefficient (Wildman–Crippen LogP) is 5.98. The second-order valence-corrected chi connectivity index (χ2v) is 7.69. The molecule has 0 aromatic heterocycles. The molecule has 1 nitrogen and oxygen atoms in total. The fourth-order valence-corrected chi connectivity index (χ4v) is 4.38. The minimum Gasteiger partial charge on any atom is -0.490 e. The minimum atomic E-state index is -0.602. The first-order valence-corrected chi connectivity index (χ1v) is 9.19. The molecule has 0 heterocycles. The van der Waals surface area contributed by atoms with Crippen molar-refractivity contribution in [2.24, 2.45) is 23.7 Å². The Hall–Kier alpha value is -1.12. The lowest BCUT2D eigenvalue weighted by atomic mass is 9.69. The average Bonchev–Trinajstić information content (AvgIpc) is 2.55. The first kappa shape index (κ1) is 16.7. The summed E-state index contributed by atoms with van der Waals surface area (Å²) in [4.78, 5) is 0. The normalized spacial score (nSPS) is 31.8. The van der Waals surface area contributed by atoms with Crippen molar-refractivity contribution in [3.63, 3.8) is 0 Å². The van der Waals surface area contributed by atoms with Gasteiger partial charge in [-0.2, -0.15) is 0 Å². The van der Waals surface area contributed by atoms with Gasteiger partial charge in [-0.25, -0.2) is 8.78 Å². The van der Waals surface area contributed by atoms with E-state index >= 15 is 0 Å². The molecule has 1 aromatic carbocycles. The molecule has 2 saturated carbocycles. The molecule has 0 N–H and O–H groups in total. The summed E-state index contributed by atoms with van der Waals surface area (Å²) in [7, 11) is 0. The highest BCUT2D eigenvalue weighted by molar-refractivity contribution is 5.24. The van der Waals surface area contributed by atoms with E-state index in [1.807, 2.05) is 0 Å². The maximum Gasteiger partial charge on any atom is 0.167 e. The maximum atomic E-state index is 13.6. The summed E-state index contributed by atoms with van der Waals surface area (Å²) in [5.74, 6) is 2.27. The fourth-order valence-electron chi connectivity index (χ4n) is 4.38. The Kier molecular flexibility index (Phi) is 5.55. The molecular weight excluding hydrogens is 294 g/mol. The molecular formula is C20H28F2O. The van der Waals surface area contributed by atoms with Crippen molar-refractivity contribution in [2.75, 3.05) is 6.61 Å². The quantitative estimate of drug-likeness (QED) is 0.663. The van der Waals surface area contributed by atoms with Gasteiger partial charge in [0.05, 0.1) is 6.61 Å². The zero-order valence-electron chi connectivity index (χ0n) is 14.1.